The van der Waals surface area contributed by atoms with Gasteiger partial charge in [0, 0.05) is 12.6 Å². The highest BCUT2D eigenvalue weighted by atomic mass is 32.2. The van der Waals surface area contributed by atoms with Gasteiger partial charge in [-0.3, -0.25) is 9.69 Å². The van der Waals surface area contributed by atoms with E-state index in [2.05, 4.69) is 0 Å². The Balaban J connectivity index is 1.65. The van der Waals surface area contributed by atoms with Gasteiger partial charge in [0.2, 0.25) is 0 Å². The van der Waals surface area contributed by atoms with Gasteiger partial charge in [-0.2, -0.15) is 0 Å². The Hall–Kier alpha value is -1.07. The zero-order chi connectivity index (χ0) is 14.8. The number of rotatable bonds is 4. The first-order chi connectivity index (χ1) is 10.1. The molecule has 112 valence electrons. The Morgan fingerprint density at radius 1 is 1.43 bits per heavy atom. The number of thiocarbonyl (C=S) groups is 1. The van der Waals surface area contributed by atoms with Crippen LogP contribution in [-0.2, 0) is 4.79 Å². The number of furan rings is 1. The maximum Gasteiger partial charge on any atom is 0.266 e. The lowest BCUT2D eigenvalue weighted by Crippen LogP contribution is -2.30. The second-order valence-electron chi connectivity index (χ2n) is 5.72. The fourth-order valence-corrected chi connectivity index (χ4v) is 4.25. The van der Waals surface area contributed by atoms with Crippen LogP contribution >= 0.6 is 24.0 Å². The van der Waals surface area contributed by atoms with Crippen molar-refractivity contribution in [3.63, 3.8) is 0 Å². The fraction of sp³-hybridized carbons (Fsp3) is 0.500. The van der Waals surface area contributed by atoms with E-state index in [-0.39, 0.29) is 5.91 Å². The highest BCUT2D eigenvalue weighted by molar-refractivity contribution is 8.26. The molecule has 0 atom stereocenters. The third kappa shape index (κ3) is 3.40. The maximum absolute atomic E-state index is 12.4. The van der Waals surface area contributed by atoms with E-state index in [0.717, 1.165) is 24.6 Å². The van der Waals surface area contributed by atoms with E-state index in [4.69, 9.17) is 16.6 Å². The van der Waals surface area contributed by atoms with Crippen LogP contribution in [0.25, 0.3) is 6.08 Å². The molecule has 2 fully saturated rings. The summed E-state index contributed by atoms with van der Waals surface area (Å²) < 4.78 is 6.18. The van der Waals surface area contributed by atoms with Gasteiger partial charge in [-0.25, -0.2) is 0 Å². The van der Waals surface area contributed by atoms with Crippen LogP contribution in [0.3, 0.4) is 0 Å². The van der Waals surface area contributed by atoms with Crippen LogP contribution in [0, 0.1) is 12.8 Å². The van der Waals surface area contributed by atoms with E-state index < -0.39 is 0 Å². The molecule has 0 unspecified atom stereocenters. The lowest BCUT2D eigenvalue weighted by atomic mass is 10.0. The van der Waals surface area contributed by atoms with Gasteiger partial charge in [0.05, 0.1) is 4.91 Å². The van der Waals surface area contributed by atoms with Crippen LogP contribution in [-0.4, -0.2) is 21.7 Å². The Morgan fingerprint density at radius 2 is 2.19 bits per heavy atom. The smallest absolute Gasteiger partial charge is 0.266 e. The monoisotopic (exact) mass is 321 g/mol. The number of amides is 1. The SMILES string of the molecule is Cc1ccc(/C=C2\SC(=S)N(CCC3CCCC3)C2=O)o1. The van der Waals surface area contributed by atoms with Crippen molar-refractivity contribution in [1.29, 1.82) is 0 Å². The Labute approximate surface area is 134 Å². The average molecular weight is 321 g/mol. The first-order valence-corrected chi connectivity index (χ1v) is 8.68. The standard InChI is InChI=1S/C16H19NO2S2/c1-11-6-7-13(19-11)10-14-15(18)17(16(20)21-14)9-8-12-4-2-3-5-12/h6-7,10,12H,2-5,8-9H2,1H3/b14-10-. The van der Waals surface area contributed by atoms with Gasteiger partial charge < -0.3 is 4.42 Å². The number of carbonyl (C=O) groups excluding carboxylic acids is 1. The molecule has 3 nitrogen and oxygen atoms in total. The molecule has 1 aliphatic carbocycles. The van der Waals surface area contributed by atoms with Crippen molar-refractivity contribution in [2.24, 2.45) is 5.92 Å². The molecule has 3 rings (SSSR count). The summed E-state index contributed by atoms with van der Waals surface area (Å²) in [5.41, 5.74) is 0. The highest BCUT2D eigenvalue weighted by Gasteiger charge is 2.32. The molecule has 2 heterocycles. The third-order valence-electron chi connectivity index (χ3n) is 4.14. The molecule has 1 amide bonds. The van der Waals surface area contributed by atoms with Crippen molar-refractivity contribution < 1.29 is 9.21 Å². The van der Waals surface area contributed by atoms with Gasteiger partial charge in [-0.1, -0.05) is 49.7 Å². The van der Waals surface area contributed by atoms with Crippen molar-refractivity contribution in [1.82, 2.24) is 4.90 Å². The minimum absolute atomic E-state index is 0.0250. The lowest BCUT2D eigenvalue weighted by Gasteiger charge is -2.17. The number of hydrogen-bond donors (Lipinski definition) is 0. The first-order valence-electron chi connectivity index (χ1n) is 7.45. The zero-order valence-electron chi connectivity index (χ0n) is 12.1. The molecule has 1 aliphatic heterocycles. The summed E-state index contributed by atoms with van der Waals surface area (Å²) in [5.74, 6) is 2.35. The molecule has 1 aromatic rings. The predicted molar refractivity (Wildman–Crippen MR) is 89.9 cm³/mol. The van der Waals surface area contributed by atoms with Gasteiger partial charge in [-0.05, 0) is 31.4 Å². The minimum atomic E-state index is 0.0250. The Morgan fingerprint density at radius 3 is 2.86 bits per heavy atom. The molecule has 0 radical (unpaired) electrons. The number of nitrogens with zero attached hydrogens (tertiary/aromatic N) is 1. The average Bonchev–Trinajstić information content (AvgIpc) is 3.14. The van der Waals surface area contributed by atoms with Gasteiger partial charge in [-0.15, -0.1) is 0 Å². The molecule has 1 saturated carbocycles. The second-order valence-corrected chi connectivity index (χ2v) is 7.40. The largest absolute Gasteiger partial charge is 0.462 e. The van der Waals surface area contributed by atoms with Crippen LogP contribution in [0.1, 0.15) is 43.6 Å². The number of carbonyl (C=O) groups is 1. The quantitative estimate of drug-likeness (QED) is 0.609. The molecule has 1 aromatic heterocycles. The van der Waals surface area contributed by atoms with E-state index in [9.17, 15) is 4.79 Å². The van der Waals surface area contributed by atoms with Crippen LogP contribution < -0.4 is 0 Å². The molecule has 21 heavy (non-hydrogen) atoms. The zero-order valence-corrected chi connectivity index (χ0v) is 13.8. The molecule has 5 heteroatoms. The van der Waals surface area contributed by atoms with E-state index in [1.807, 2.05) is 19.1 Å². The summed E-state index contributed by atoms with van der Waals surface area (Å²) in [5, 5.41) is 0. The number of thioether (sulfide) groups is 1. The van der Waals surface area contributed by atoms with E-state index in [1.165, 1.54) is 37.4 Å². The van der Waals surface area contributed by atoms with E-state index in [1.54, 1.807) is 11.0 Å². The normalized spacial score (nSPS) is 22.0. The molecule has 1 saturated heterocycles. The van der Waals surface area contributed by atoms with Crippen LogP contribution in [0.5, 0.6) is 0 Å². The Kier molecular flexibility index (Phi) is 4.50. The molecule has 2 aliphatic rings. The third-order valence-corrected chi connectivity index (χ3v) is 5.52. The van der Waals surface area contributed by atoms with Crippen molar-refractivity contribution >= 4 is 40.3 Å². The second kappa shape index (κ2) is 6.36. The molecular formula is C16H19NO2S2. The molecule has 0 N–H and O–H groups in total. The maximum atomic E-state index is 12.4. The molecule has 0 bridgehead atoms. The fourth-order valence-electron chi connectivity index (χ4n) is 2.96. The van der Waals surface area contributed by atoms with Gasteiger partial charge >= 0.3 is 0 Å². The summed E-state index contributed by atoms with van der Waals surface area (Å²) in [6.07, 6.45) is 8.13. The summed E-state index contributed by atoms with van der Waals surface area (Å²) in [6.45, 7) is 2.65. The summed E-state index contributed by atoms with van der Waals surface area (Å²) >= 11 is 6.73. The molecular weight excluding hydrogens is 302 g/mol. The lowest BCUT2D eigenvalue weighted by molar-refractivity contribution is -0.122. The van der Waals surface area contributed by atoms with Crippen molar-refractivity contribution in [2.75, 3.05) is 6.54 Å². The van der Waals surface area contributed by atoms with Gasteiger partial charge in [0.1, 0.15) is 15.8 Å². The number of aryl methyl sites for hydroxylation is 1. The van der Waals surface area contributed by atoms with E-state index >= 15 is 0 Å². The van der Waals surface area contributed by atoms with Crippen molar-refractivity contribution in [2.45, 2.75) is 39.0 Å². The summed E-state index contributed by atoms with van der Waals surface area (Å²) in [7, 11) is 0. The van der Waals surface area contributed by atoms with Crippen molar-refractivity contribution in [3.8, 4) is 0 Å². The molecule has 0 spiro atoms. The van der Waals surface area contributed by atoms with Crippen LogP contribution in [0.2, 0.25) is 0 Å². The Bertz CT molecular complexity index is 585. The predicted octanol–water partition coefficient (Wildman–Crippen LogP) is 4.37. The van der Waals surface area contributed by atoms with Gasteiger partial charge in [0.15, 0.2) is 0 Å². The summed E-state index contributed by atoms with van der Waals surface area (Å²) in [6, 6.07) is 3.77. The van der Waals surface area contributed by atoms with Crippen LogP contribution in [0.15, 0.2) is 21.5 Å². The highest BCUT2D eigenvalue weighted by Crippen LogP contribution is 2.34. The topological polar surface area (TPSA) is 33.5 Å². The molecule has 0 aromatic carbocycles. The van der Waals surface area contributed by atoms with Crippen molar-refractivity contribution in [3.05, 3.63) is 28.6 Å². The first kappa shape index (κ1) is 14.9. The van der Waals surface area contributed by atoms with Crippen LogP contribution in [0.4, 0.5) is 0 Å². The van der Waals surface area contributed by atoms with E-state index in [0.29, 0.717) is 15.0 Å². The number of hydrogen-bond acceptors (Lipinski definition) is 4. The van der Waals surface area contributed by atoms with Gasteiger partial charge in [0.25, 0.3) is 5.91 Å². The minimum Gasteiger partial charge on any atom is -0.462 e. The summed E-state index contributed by atoms with van der Waals surface area (Å²) in [4.78, 5) is 14.9.